The highest BCUT2D eigenvalue weighted by molar-refractivity contribution is 7.15. The Labute approximate surface area is 123 Å². The third-order valence-electron chi connectivity index (χ3n) is 3.37. The van der Waals surface area contributed by atoms with Gasteiger partial charge in [0.05, 0.1) is 17.2 Å². The summed E-state index contributed by atoms with van der Waals surface area (Å²) in [4.78, 5) is 12.0. The molecule has 0 radical (unpaired) electrons. The maximum absolute atomic E-state index is 12.0. The zero-order valence-corrected chi connectivity index (χ0v) is 13.4. The lowest BCUT2D eigenvalue weighted by molar-refractivity contribution is -0.0689. The van der Waals surface area contributed by atoms with Crippen LogP contribution in [0.4, 0.5) is 9.93 Å². The van der Waals surface area contributed by atoms with E-state index in [2.05, 4.69) is 20.8 Å². The summed E-state index contributed by atoms with van der Waals surface area (Å²) < 4.78 is 5.95. The topological polar surface area (TPSA) is 76.1 Å². The minimum absolute atomic E-state index is 0.0314. The van der Waals surface area contributed by atoms with E-state index in [-0.39, 0.29) is 23.3 Å². The van der Waals surface area contributed by atoms with E-state index in [4.69, 9.17) is 4.74 Å². The third-order valence-corrected chi connectivity index (χ3v) is 4.35. The summed E-state index contributed by atoms with van der Waals surface area (Å²) in [5.41, 5.74) is -0.601. The largest absolute Gasteiger partial charge is 0.367 e. The monoisotopic (exact) mass is 298 g/mol. The molecule has 1 aliphatic rings. The van der Waals surface area contributed by atoms with Crippen molar-refractivity contribution >= 4 is 22.5 Å². The maximum Gasteiger partial charge on any atom is 0.321 e. The molecule has 0 spiro atoms. The van der Waals surface area contributed by atoms with Crippen LogP contribution in [0, 0.1) is 0 Å². The average Bonchev–Trinajstić information content (AvgIpc) is 2.81. The predicted molar refractivity (Wildman–Crippen MR) is 79.1 cm³/mol. The molecule has 2 heterocycles. The van der Waals surface area contributed by atoms with Crippen molar-refractivity contribution < 1.29 is 9.53 Å². The van der Waals surface area contributed by atoms with Crippen LogP contribution in [-0.2, 0) is 11.2 Å². The first-order valence-electron chi connectivity index (χ1n) is 6.82. The van der Waals surface area contributed by atoms with E-state index in [1.165, 1.54) is 11.3 Å². The summed E-state index contributed by atoms with van der Waals surface area (Å²) in [6, 6.07) is -0.292. The molecule has 0 saturated carbocycles. The van der Waals surface area contributed by atoms with Crippen molar-refractivity contribution in [2.45, 2.75) is 64.7 Å². The number of rotatable bonds is 3. The molecule has 6 nitrogen and oxygen atoms in total. The first-order valence-corrected chi connectivity index (χ1v) is 7.63. The number of anilines is 1. The van der Waals surface area contributed by atoms with Gasteiger partial charge in [0.25, 0.3) is 0 Å². The fraction of sp³-hybridized carbons (Fsp3) is 0.769. The van der Waals surface area contributed by atoms with Crippen molar-refractivity contribution in [2.24, 2.45) is 0 Å². The normalized spacial score (nSPS) is 23.6. The molecule has 0 aliphatic carbocycles. The molecule has 1 aromatic heterocycles. The first kappa shape index (κ1) is 15.2. The number of nitrogens with zero attached hydrogens (tertiary/aromatic N) is 2. The second-order valence-corrected chi connectivity index (χ2v) is 7.24. The summed E-state index contributed by atoms with van der Waals surface area (Å²) in [7, 11) is 0. The number of urea groups is 1. The van der Waals surface area contributed by atoms with E-state index in [0.717, 1.165) is 17.8 Å². The smallest absolute Gasteiger partial charge is 0.321 e. The van der Waals surface area contributed by atoms with Crippen molar-refractivity contribution in [1.82, 2.24) is 15.5 Å². The van der Waals surface area contributed by atoms with Crippen LogP contribution in [0.1, 0.15) is 46.0 Å². The molecule has 2 N–H and O–H groups in total. The molecule has 112 valence electrons. The van der Waals surface area contributed by atoms with Gasteiger partial charge in [0.15, 0.2) is 0 Å². The number of carbonyl (C=O) groups is 1. The number of nitrogens with one attached hydrogen (secondary N) is 2. The molecule has 7 heteroatoms. The molecule has 2 rings (SSSR count). The summed E-state index contributed by atoms with van der Waals surface area (Å²) in [5, 5.41) is 15.0. The van der Waals surface area contributed by atoms with Crippen molar-refractivity contribution in [1.29, 1.82) is 0 Å². The van der Waals surface area contributed by atoms with Crippen LogP contribution >= 0.6 is 11.3 Å². The molecule has 0 bridgehead atoms. The molecule has 1 fully saturated rings. The highest BCUT2D eigenvalue weighted by atomic mass is 32.1. The van der Waals surface area contributed by atoms with Gasteiger partial charge in [-0.15, -0.1) is 10.2 Å². The van der Waals surface area contributed by atoms with E-state index < -0.39 is 0 Å². The molecule has 1 unspecified atom stereocenters. The fourth-order valence-electron chi connectivity index (χ4n) is 2.53. The van der Waals surface area contributed by atoms with Crippen LogP contribution in [0.2, 0.25) is 0 Å². The van der Waals surface area contributed by atoms with Gasteiger partial charge in [-0.3, -0.25) is 5.32 Å². The van der Waals surface area contributed by atoms with Crippen LogP contribution < -0.4 is 10.6 Å². The standard InChI is InChI=1S/C13H22N4O2S/c1-6-9-16-17-11(20-9)15-10(18)14-8-7-12(2,3)19-13(8,4)5/h8H,6-7H2,1-5H3,(H2,14,15,17,18). The number of aryl methyl sites for hydroxylation is 1. The third kappa shape index (κ3) is 3.46. The number of hydrogen-bond acceptors (Lipinski definition) is 5. The Morgan fingerprint density at radius 3 is 2.60 bits per heavy atom. The molecule has 1 aliphatic heterocycles. The lowest BCUT2D eigenvalue weighted by Gasteiger charge is -2.27. The van der Waals surface area contributed by atoms with Crippen LogP contribution in [0.15, 0.2) is 0 Å². The van der Waals surface area contributed by atoms with Crippen molar-refractivity contribution in [3.8, 4) is 0 Å². The van der Waals surface area contributed by atoms with Gasteiger partial charge in [0.1, 0.15) is 5.01 Å². The molecule has 1 saturated heterocycles. The predicted octanol–water partition coefficient (Wildman–Crippen LogP) is 2.57. The second kappa shape index (κ2) is 5.29. The van der Waals surface area contributed by atoms with Crippen LogP contribution in [-0.4, -0.2) is 33.5 Å². The molecule has 20 heavy (non-hydrogen) atoms. The number of amides is 2. The lowest BCUT2D eigenvalue weighted by atomic mass is 9.95. The van der Waals surface area contributed by atoms with Gasteiger partial charge in [-0.2, -0.15) is 0 Å². The van der Waals surface area contributed by atoms with Gasteiger partial charge >= 0.3 is 6.03 Å². The zero-order chi connectivity index (χ0) is 15.0. The highest BCUT2D eigenvalue weighted by Gasteiger charge is 2.46. The van der Waals surface area contributed by atoms with E-state index in [9.17, 15) is 4.79 Å². The van der Waals surface area contributed by atoms with Crippen molar-refractivity contribution in [2.75, 3.05) is 5.32 Å². The van der Waals surface area contributed by atoms with Crippen LogP contribution in [0.25, 0.3) is 0 Å². The van der Waals surface area contributed by atoms with Crippen LogP contribution in [0.3, 0.4) is 0 Å². The Morgan fingerprint density at radius 1 is 1.40 bits per heavy atom. The average molecular weight is 298 g/mol. The summed E-state index contributed by atoms with van der Waals surface area (Å²) in [5.74, 6) is 0. The number of aromatic nitrogens is 2. The van der Waals surface area contributed by atoms with Crippen molar-refractivity contribution in [3.63, 3.8) is 0 Å². The summed E-state index contributed by atoms with van der Waals surface area (Å²) in [6.07, 6.45) is 1.60. The van der Waals surface area contributed by atoms with Crippen LogP contribution in [0.5, 0.6) is 0 Å². The number of carbonyl (C=O) groups excluding carboxylic acids is 1. The van der Waals surface area contributed by atoms with Gasteiger partial charge in [-0.25, -0.2) is 4.79 Å². The minimum Gasteiger partial charge on any atom is -0.367 e. The fourth-order valence-corrected chi connectivity index (χ4v) is 3.20. The van der Waals surface area contributed by atoms with E-state index in [0.29, 0.717) is 5.13 Å². The maximum atomic E-state index is 12.0. The Balaban J connectivity index is 1.94. The van der Waals surface area contributed by atoms with Gasteiger partial charge < -0.3 is 10.1 Å². The van der Waals surface area contributed by atoms with Gasteiger partial charge in [-0.05, 0) is 40.5 Å². The molecule has 1 atom stereocenters. The summed E-state index contributed by atoms with van der Waals surface area (Å²) >= 11 is 1.39. The number of hydrogen-bond donors (Lipinski definition) is 2. The Hall–Kier alpha value is -1.21. The Morgan fingerprint density at radius 2 is 2.10 bits per heavy atom. The lowest BCUT2D eigenvalue weighted by Crippen LogP contribution is -2.47. The van der Waals surface area contributed by atoms with Gasteiger partial charge in [0.2, 0.25) is 5.13 Å². The van der Waals surface area contributed by atoms with E-state index in [1.54, 1.807) is 0 Å². The molecule has 0 aromatic carbocycles. The highest BCUT2D eigenvalue weighted by Crippen LogP contribution is 2.37. The van der Waals surface area contributed by atoms with Gasteiger partial charge in [-0.1, -0.05) is 18.3 Å². The molecular weight excluding hydrogens is 276 g/mol. The Bertz CT molecular complexity index is 498. The van der Waals surface area contributed by atoms with Gasteiger partial charge in [0, 0.05) is 0 Å². The summed E-state index contributed by atoms with van der Waals surface area (Å²) in [6.45, 7) is 10.1. The zero-order valence-electron chi connectivity index (χ0n) is 12.6. The quantitative estimate of drug-likeness (QED) is 0.899. The van der Waals surface area contributed by atoms with E-state index >= 15 is 0 Å². The molecular formula is C13H22N4O2S. The number of ether oxygens (including phenoxy) is 1. The first-order chi connectivity index (χ1) is 9.22. The van der Waals surface area contributed by atoms with E-state index in [1.807, 2.05) is 34.6 Å². The minimum atomic E-state index is -0.378. The SMILES string of the molecule is CCc1nnc(NC(=O)NC2CC(C)(C)OC2(C)C)s1. The van der Waals surface area contributed by atoms with Crippen molar-refractivity contribution in [3.05, 3.63) is 5.01 Å². The second-order valence-electron chi connectivity index (χ2n) is 6.17. The Kier molecular flexibility index (Phi) is 4.02. The molecule has 1 aromatic rings. The molecule has 2 amide bonds.